The van der Waals surface area contributed by atoms with Gasteiger partial charge in [0.2, 0.25) is 5.91 Å². The second kappa shape index (κ2) is 4.86. The van der Waals surface area contributed by atoms with Crippen LogP contribution in [0.15, 0.2) is 60.7 Å². The molecule has 3 rings (SSSR count). The summed E-state index contributed by atoms with van der Waals surface area (Å²) >= 11 is 0. The Morgan fingerprint density at radius 2 is 1.42 bits per heavy atom. The van der Waals surface area contributed by atoms with Crippen LogP contribution in [0, 0.1) is 0 Å². The summed E-state index contributed by atoms with van der Waals surface area (Å²) in [7, 11) is 1.84. The van der Waals surface area contributed by atoms with E-state index in [-0.39, 0.29) is 18.1 Å². The van der Waals surface area contributed by atoms with Gasteiger partial charge in [0.05, 0.1) is 0 Å². The van der Waals surface area contributed by atoms with E-state index in [0.717, 1.165) is 11.1 Å². The Morgan fingerprint density at radius 3 is 2.00 bits per heavy atom. The van der Waals surface area contributed by atoms with Crippen molar-refractivity contribution in [2.75, 3.05) is 7.05 Å². The summed E-state index contributed by atoms with van der Waals surface area (Å²) in [6.07, 6.45) is -0.0566. The van der Waals surface area contributed by atoms with Crippen LogP contribution in [0.4, 0.5) is 0 Å². The number of amides is 1. The van der Waals surface area contributed by atoms with E-state index in [2.05, 4.69) is 5.32 Å². The molecule has 96 valence electrons. The summed E-state index contributed by atoms with van der Waals surface area (Å²) in [6, 6.07) is 19.6. The molecule has 19 heavy (non-hydrogen) atoms. The van der Waals surface area contributed by atoms with Crippen molar-refractivity contribution in [2.45, 2.75) is 12.2 Å². The van der Waals surface area contributed by atoms with Gasteiger partial charge in [0.15, 0.2) is 0 Å². The largest absolute Gasteiger partial charge is 0.324 e. The van der Waals surface area contributed by atoms with Crippen LogP contribution >= 0.6 is 0 Å². The van der Waals surface area contributed by atoms with Gasteiger partial charge < -0.3 is 4.90 Å². The maximum Gasteiger partial charge on any atom is 0.245 e. The number of rotatable bonds is 2. The smallest absolute Gasteiger partial charge is 0.245 e. The lowest BCUT2D eigenvalue weighted by atomic mass is 10.1. The second-order valence-electron chi connectivity index (χ2n) is 4.77. The highest BCUT2D eigenvalue weighted by Gasteiger charge is 2.37. The van der Waals surface area contributed by atoms with Crippen LogP contribution in [0.5, 0.6) is 0 Å². The fourth-order valence-corrected chi connectivity index (χ4v) is 2.51. The summed E-state index contributed by atoms with van der Waals surface area (Å²) in [4.78, 5) is 14.1. The van der Waals surface area contributed by atoms with Gasteiger partial charge in [0.25, 0.3) is 0 Å². The Bertz CT molecular complexity index is 568. The standard InChI is InChI=1S/C16H16N2O/c1-18-15(13-10-6-3-7-11-13)17-14(16(18)19)12-8-4-2-5-9-12/h2-11,14-15,17H,1H3/t14-,15+/m1/s1. The normalized spacial score (nSPS) is 22.8. The molecule has 1 N–H and O–H groups in total. The van der Waals surface area contributed by atoms with E-state index in [1.54, 1.807) is 4.90 Å². The number of hydrogen-bond acceptors (Lipinski definition) is 2. The van der Waals surface area contributed by atoms with Crippen molar-refractivity contribution in [1.82, 2.24) is 10.2 Å². The van der Waals surface area contributed by atoms with Crippen LogP contribution in [0.25, 0.3) is 0 Å². The van der Waals surface area contributed by atoms with Crippen LogP contribution in [0.1, 0.15) is 23.3 Å². The second-order valence-corrected chi connectivity index (χ2v) is 4.77. The maximum absolute atomic E-state index is 12.4. The molecule has 2 aromatic carbocycles. The molecule has 0 spiro atoms. The molecule has 2 atom stereocenters. The molecule has 2 aromatic rings. The van der Waals surface area contributed by atoms with Gasteiger partial charge in [-0.1, -0.05) is 60.7 Å². The Labute approximate surface area is 112 Å². The number of nitrogens with one attached hydrogen (secondary N) is 1. The zero-order valence-electron chi connectivity index (χ0n) is 10.8. The Kier molecular flexibility index (Phi) is 3.05. The first-order valence-electron chi connectivity index (χ1n) is 6.40. The van der Waals surface area contributed by atoms with E-state index < -0.39 is 0 Å². The number of benzene rings is 2. The zero-order valence-corrected chi connectivity index (χ0v) is 10.8. The quantitative estimate of drug-likeness (QED) is 0.890. The van der Waals surface area contributed by atoms with Gasteiger partial charge in [-0.05, 0) is 11.1 Å². The van der Waals surface area contributed by atoms with E-state index in [1.165, 1.54) is 0 Å². The molecule has 0 radical (unpaired) electrons. The van der Waals surface area contributed by atoms with Crippen molar-refractivity contribution in [3.8, 4) is 0 Å². The van der Waals surface area contributed by atoms with Gasteiger partial charge in [0, 0.05) is 7.05 Å². The number of carbonyl (C=O) groups excluding carboxylic acids is 1. The van der Waals surface area contributed by atoms with Crippen LogP contribution in [-0.2, 0) is 4.79 Å². The Morgan fingerprint density at radius 1 is 0.895 bits per heavy atom. The molecular formula is C16H16N2O. The molecule has 1 amide bonds. The molecule has 1 fully saturated rings. The molecule has 0 unspecified atom stereocenters. The molecule has 0 bridgehead atoms. The van der Waals surface area contributed by atoms with Crippen LogP contribution in [-0.4, -0.2) is 17.9 Å². The summed E-state index contributed by atoms with van der Waals surface area (Å²) < 4.78 is 0. The van der Waals surface area contributed by atoms with Gasteiger partial charge in [-0.2, -0.15) is 0 Å². The Balaban J connectivity index is 1.90. The fraction of sp³-hybridized carbons (Fsp3) is 0.188. The SMILES string of the molecule is CN1C(=O)[C@@H](c2ccccc2)N[C@@H]1c1ccccc1. The minimum atomic E-state index is -0.253. The van der Waals surface area contributed by atoms with Gasteiger partial charge >= 0.3 is 0 Å². The number of likely N-dealkylation sites (N-methyl/N-ethyl adjacent to an activating group) is 1. The van der Waals surface area contributed by atoms with Crippen molar-refractivity contribution >= 4 is 5.91 Å². The van der Waals surface area contributed by atoms with Gasteiger partial charge in [-0.3, -0.25) is 10.1 Å². The number of nitrogens with zero attached hydrogens (tertiary/aromatic N) is 1. The van der Waals surface area contributed by atoms with Crippen molar-refractivity contribution in [2.24, 2.45) is 0 Å². The zero-order chi connectivity index (χ0) is 13.2. The highest BCUT2D eigenvalue weighted by Crippen LogP contribution is 2.30. The van der Waals surface area contributed by atoms with E-state index in [1.807, 2.05) is 67.7 Å². The summed E-state index contributed by atoms with van der Waals surface area (Å²) in [5.74, 6) is 0.111. The van der Waals surface area contributed by atoms with Gasteiger partial charge in [-0.15, -0.1) is 0 Å². The van der Waals surface area contributed by atoms with Gasteiger partial charge in [-0.25, -0.2) is 0 Å². The van der Waals surface area contributed by atoms with Crippen LogP contribution < -0.4 is 5.32 Å². The summed E-state index contributed by atoms with van der Waals surface area (Å²) in [5.41, 5.74) is 2.12. The maximum atomic E-state index is 12.4. The number of carbonyl (C=O) groups is 1. The molecule has 1 aliphatic rings. The minimum absolute atomic E-state index is 0.0566. The predicted octanol–water partition coefficient (Wildman–Crippen LogP) is 2.49. The van der Waals surface area contributed by atoms with E-state index >= 15 is 0 Å². The van der Waals surface area contributed by atoms with E-state index in [0.29, 0.717) is 0 Å². The molecular weight excluding hydrogens is 236 g/mol. The number of hydrogen-bond donors (Lipinski definition) is 1. The van der Waals surface area contributed by atoms with E-state index in [4.69, 9.17) is 0 Å². The molecule has 3 nitrogen and oxygen atoms in total. The molecule has 0 aromatic heterocycles. The molecule has 3 heteroatoms. The molecule has 0 aliphatic carbocycles. The average Bonchev–Trinajstić information content (AvgIpc) is 2.77. The molecule has 1 saturated heterocycles. The third-order valence-corrected chi connectivity index (χ3v) is 3.55. The highest BCUT2D eigenvalue weighted by atomic mass is 16.2. The molecule has 1 heterocycles. The fourth-order valence-electron chi connectivity index (χ4n) is 2.51. The van der Waals surface area contributed by atoms with E-state index in [9.17, 15) is 4.79 Å². The third kappa shape index (κ3) is 2.13. The third-order valence-electron chi connectivity index (χ3n) is 3.55. The lowest BCUT2D eigenvalue weighted by Gasteiger charge is -2.19. The van der Waals surface area contributed by atoms with Crippen molar-refractivity contribution < 1.29 is 4.79 Å². The average molecular weight is 252 g/mol. The van der Waals surface area contributed by atoms with Crippen LogP contribution in [0.2, 0.25) is 0 Å². The van der Waals surface area contributed by atoms with Crippen molar-refractivity contribution in [3.63, 3.8) is 0 Å². The first-order valence-corrected chi connectivity index (χ1v) is 6.40. The predicted molar refractivity (Wildman–Crippen MR) is 74.3 cm³/mol. The van der Waals surface area contributed by atoms with Crippen LogP contribution in [0.3, 0.4) is 0 Å². The van der Waals surface area contributed by atoms with Crippen molar-refractivity contribution in [1.29, 1.82) is 0 Å². The lowest BCUT2D eigenvalue weighted by Crippen LogP contribution is -2.25. The monoisotopic (exact) mass is 252 g/mol. The van der Waals surface area contributed by atoms with Crippen molar-refractivity contribution in [3.05, 3.63) is 71.8 Å². The minimum Gasteiger partial charge on any atom is -0.324 e. The topological polar surface area (TPSA) is 32.3 Å². The highest BCUT2D eigenvalue weighted by molar-refractivity contribution is 5.85. The molecule has 0 saturated carbocycles. The summed E-state index contributed by atoms with van der Waals surface area (Å²) in [5, 5.41) is 3.40. The lowest BCUT2D eigenvalue weighted by molar-refractivity contribution is -0.128. The first kappa shape index (κ1) is 11.9. The summed E-state index contributed by atoms with van der Waals surface area (Å²) in [6.45, 7) is 0. The Hall–Kier alpha value is -2.13. The first-order chi connectivity index (χ1) is 9.27. The molecule has 1 aliphatic heterocycles. The van der Waals surface area contributed by atoms with Gasteiger partial charge in [0.1, 0.15) is 12.2 Å².